The second kappa shape index (κ2) is 2.94. The highest BCUT2D eigenvalue weighted by atomic mass is 16.1. The molecule has 0 aromatic carbocycles. The summed E-state index contributed by atoms with van der Waals surface area (Å²) in [5.41, 5.74) is 0. The van der Waals surface area contributed by atoms with Gasteiger partial charge in [0.15, 0.2) is 0 Å². The van der Waals surface area contributed by atoms with Gasteiger partial charge in [-0.3, -0.25) is 4.79 Å². The summed E-state index contributed by atoms with van der Waals surface area (Å²) in [6, 6.07) is 0. The zero-order chi connectivity index (χ0) is 9.42. The van der Waals surface area contributed by atoms with E-state index in [0.717, 1.165) is 18.2 Å². The minimum Gasteiger partial charge on any atom is -0.314 e. The molecule has 0 saturated heterocycles. The van der Waals surface area contributed by atoms with E-state index in [2.05, 4.69) is 28.6 Å². The van der Waals surface area contributed by atoms with Crippen molar-refractivity contribution >= 4 is 5.78 Å². The molecule has 0 radical (unpaired) electrons. The molecule has 4 heteroatoms. The average molecular weight is 179 g/mol. The molecular weight excluding hydrogens is 166 g/mol. The number of carbonyl (C=O) groups is 1. The summed E-state index contributed by atoms with van der Waals surface area (Å²) >= 11 is 0. The molecule has 0 fully saturated rings. The summed E-state index contributed by atoms with van der Waals surface area (Å²) in [6.07, 6.45) is 1.09. The quantitative estimate of drug-likeness (QED) is 0.644. The van der Waals surface area contributed by atoms with Gasteiger partial charge in [0.25, 0.3) is 0 Å². The molecule has 4 nitrogen and oxygen atoms in total. The zero-order valence-corrected chi connectivity index (χ0v) is 7.95. The molecule has 70 valence electrons. The highest BCUT2D eigenvalue weighted by molar-refractivity contribution is 5.80. The van der Waals surface area contributed by atoms with Crippen LogP contribution in [0.4, 0.5) is 0 Å². The van der Waals surface area contributed by atoms with Crippen LogP contribution in [0.25, 0.3) is 0 Å². The Kier molecular flexibility index (Phi) is 1.90. The molecule has 0 N–H and O–H groups in total. The summed E-state index contributed by atoms with van der Waals surface area (Å²) in [5, 5.41) is 8.11. The van der Waals surface area contributed by atoms with Gasteiger partial charge in [0.05, 0.1) is 6.42 Å². The van der Waals surface area contributed by atoms with Gasteiger partial charge in [-0.25, -0.2) is 0 Å². The first-order chi connectivity index (χ1) is 6.18. The standard InChI is InChI=1S/C9H13N3O/c1-6(2)9-11-10-8-5-7(13)3-4-12(8)9/h6H,3-5H2,1-2H3. The lowest BCUT2D eigenvalue weighted by atomic mass is 10.1. The van der Waals surface area contributed by atoms with E-state index in [-0.39, 0.29) is 5.78 Å². The molecular formula is C9H13N3O. The van der Waals surface area contributed by atoms with E-state index in [0.29, 0.717) is 18.8 Å². The third-order valence-electron chi connectivity index (χ3n) is 2.34. The predicted molar refractivity (Wildman–Crippen MR) is 47.4 cm³/mol. The molecule has 1 aliphatic heterocycles. The van der Waals surface area contributed by atoms with Crippen LogP contribution in [0.3, 0.4) is 0 Å². The number of fused-ring (bicyclic) bond motifs is 1. The van der Waals surface area contributed by atoms with Crippen molar-refractivity contribution in [2.24, 2.45) is 0 Å². The largest absolute Gasteiger partial charge is 0.314 e. The van der Waals surface area contributed by atoms with Gasteiger partial charge in [-0.1, -0.05) is 13.8 Å². The molecule has 0 amide bonds. The first-order valence-corrected chi connectivity index (χ1v) is 4.62. The highest BCUT2D eigenvalue weighted by Crippen LogP contribution is 2.17. The fraction of sp³-hybridized carbons (Fsp3) is 0.667. The number of aromatic nitrogens is 3. The monoisotopic (exact) mass is 179 g/mol. The van der Waals surface area contributed by atoms with Crippen LogP contribution in [0.5, 0.6) is 0 Å². The van der Waals surface area contributed by atoms with E-state index in [1.54, 1.807) is 0 Å². The van der Waals surface area contributed by atoms with E-state index in [1.807, 2.05) is 0 Å². The van der Waals surface area contributed by atoms with Crippen LogP contribution in [0.15, 0.2) is 0 Å². The Morgan fingerprint density at radius 3 is 2.85 bits per heavy atom. The molecule has 0 unspecified atom stereocenters. The lowest BCUT2D eigenvalue weighted by molar-refractivity contribution is -0.119. The Morgan fingerprint density at radius 1 is 1.38 bits per heavy atom. The summed E-state index contributed by atoms with van der Waals surface area (Å²) < 4.78 is 2.08. The van der Waals surface area contributed by atoms with Crippen molar-refractivity contribution in [1.29, 1.82) is 0 Å². The molecule has 13 heavy (non-hydrogen) atoms. The third kappa shape index (κ3) is 1.36. The second-order valence-corrected chi connectivity index (χ2v) is 3.75. The Hall–Kier alpha value is -1.19. The van der Waals surface area contributed by atoms with Gasteiger partial charge in [-0.2, -0.15) is 0 Å². The fourth-order valence-electron chi connectivity index (χ4n) is 1.65. The van der Waals surface area contributed by atoms with Crippen LogP contribution in [0.1, 0.15) is 37.8 Å². The lowest BCUT2D eigenvalue weighted by Gasteiger charge is -2.15. The zero-order valence-electron chi connectivity index (χ0n) is 7.95. The Labute approximate surface area is 77.0 Å². The smallest absolute Gasteiger partial charge is 0.142 e. The number of hydrogen-bond acceptors (Lipinski definition) is 3. The molecule has 0 spiro atoms. The third-order valence-corrected chi connectivity index (χ3v) is 2.34. The van der Waals surface area contributed by atoms with Gasteiger partial charge in [0, 0.05) is 18.9 Å². The van der Waals surface area contributed by atoms with E-state index < -0.39 is 0 Å². The predicted octanol–water partition coefficient (Wildman–Crippen LogP) is 0.917. The maximum Gasteiger partial charge on any atom is 0.142 e. The number of carbonyl (C=O) groups excluding carboxylic acids is 1. The summed E-state index contributed by atoms with van der Waals surface area (Å²) in [7, 11) is 0. The van der Waals surface area contributed by atoms with Crippen LogP contribution >= 0.6 is 0 Å². The van der Waals surface area contributed by atoms with Gasteiger partial charge < -0.3 is 4.57 Å². The number of hydrogen-bond donors (Lipinski definition) is 0. The van der Waals surface area contributed by atoms with Crippen LogP contribution in [-0.4, -0.2) is 20.5 Å². The molecule has 0 saturated carbocycles. The van der Waals surface area contributed by atoms with Gasteiger partial charge in [0.1, 0.15) is 17.4 Å². The van der Waals surface area contributed by atoms with Crippen molar-refractivity contribution in [3.63, 3.8) is 0 Å². The fourth-order valence-corrected chi connectivity index (χ4v) is 1.65. The van der Waals surface area contributed by atoms with Crippen molar-refractivity contribution in [3.05, 3.63) is 11.6 Å². The Balaban J connectivity index is 2.38. The molecule has 0 bridgehead atoms. The molecule has 1 aromatic rings. The van der Waals surface area contributed by atoms with Gasteiger partial charge in [-0.05, 0) is 0 Å². The van der Waals surface area contributed by atoms with E-state index >= 15 is 0 Å². The van der Waals surface area contributed by atoms with E-state index in [9.17, 15) is 4.79 Å². The van der Waals surface area contributed by atoms with Crippen LogP contribution in [0, 0.1) is 0 Å². The van der Waals surface area contributed by atoms with Crippen LogP contribution in [0.2, 0.25) is 0 Å². The normalized spacial score (nSPS) is 16.4. The number of nitrogens with zero attached hydrogens (tertiary/aromatic N) is 3. The van der Waals surface area contributed by atoms with Crippen molar-refractivity contribution in [1.82, 2.24) is 14.8 Å². The minimum absolute atomic E-state index is 0.273. The maximum atomic E-state index is 11.1. The van der Waals surface area contributed by atoms with Gasteiger partial charge >= 0.3 is 0 Å². The van der Waals surface area contributed by atoms with Crippen LogP contribution < -0.4 is 0 Å². The van der Waals surface area contributed by atoms with Crippen molar-refractivity contribution in [2.75, 3.05) is 0 Å². The average Bonchev–Trinajstić information content (AvgIpc) is 2.46. The first kappa shape index (κ1) is 8.41. The van der Waals surface area contributed by atoms with Gasteiger partial charge in [0.2, 0.25) is 0 Å². The number of rotatable bonds is 1. The molecule has 2 rings (SSSR count). The first-order valence-electron chi connectivity index (χ1n) is 4.62. The van der Waals surface area contributed by atoms with Crippen molar-refractivity contribution in [3.8, 4) is 0 Å². The summed E-state index contributed by atoms with van der Waals surface area (Å²) in [5.74, 6) is 2.49. The molecule has 1 aliphatic rings. The minimum atomic E-state index is 0.273. The molecule has 1 aromatic heterocycles. The SMILES string of the molecule is CC(C)c1nnc2n1CCC(=O)C2. The summed E-state index contributed by atoms with van der Waals surface area (Å²) in [6.45, 7) is 4.94. The molecule has 2 heterocycles. The summed E-state index contributed by atoms with van der Waals surface area (Å²) in [4.78, 5) is 11.1. The van der Waals surface area contributed by atoms with Crippen molar-refractivity contribution in [2.45, 2.75) is 39.2 Å². The van der Waals surface area contributed by atoms with Crippen LogP contribution in [-0.2, 0) is 17.8 Å². The van der Waals surface area contributed by atoms with E-state index in [1.165, 1.54) is 0 Å². The van der Waals surface area contributed by atoms with Crippen molar-refractivity contribution < 1.29 is 4.79 Å². The molecule has 0 atom stereocenters. The topological polar surface area (TPSA) is 47.8 Å². The number of Topliss-reactive ketones (excluding diaryl/α,β-unsaturated/α-hetero) is 1. The number of ketones is 1. The Morgan fingerprint density at radius 2 is 2.15 bits per heavy atom. The second-order valence-electron chi connectivity index (χ2n) is 3.75. The lowest BCUT2D eigenvalue weighted by Crippen LogP contribution is -2.20. The van der Waals surface area contributed by atoms with E-state index in [4.69, 9.17) is 0 Å². The highest BCUT2D eigenvalue weighted by Gasteiger charge is 2.21. The Bertz CT molecular complexity index is 341. The van der Waals surface area contributed by atoms with Gasteiger partial charge in [-0.15, -0.1) is 10.2 Å². The maximum absolute atomic E-state index is 11.1. The molecule has 0 aliphatic carbocycles.